The average Bonchev–Trinajstić information content (AvgIpc) is 3.04. The zero-order valence-electron chi connectivity index (χ0n) is 12.9. The number of amides is 1. The second-order valence-electron chi connectivity index (χ2n) is 5.39. The van der Waals surface area contributed by atoms with Crippen LogP contribution >= 0.6 is 11.3 Å². The lowest BCUT2D eigenvalue weighted by atomic mass is 10.1. The van der Waals surface area contributed by atoms with E-state index in [1.165, 1.54) is 0 Å². The standard InChI is InChI=1S/C19H18N2OS/c1-14(15-8-4-2-5-9-15)20-18(22)12-17-13-23-19(21-17)16-10-6-3-7-11-16/h2-11,13-14H,12H2,1H3,(H,20,22). The summed E-state index contributed by atoms with van der Waals surface area (Å²) in [5, 5.41) is 5.92. The number of carbonyl (C=O) groups excluding carboxylic acids is 1. The molecule has 0 saturated carbocycles. The summed E-state index contributed by atoms with van der Waals surface area (Å²) >= 11 is 1.57. The van der Waals surface area contributed by atoms with Gasteiger partial charge < -0.3 is 5.32 Å². The van der Waals surface area contributed by atoms with Crippen molar-refractivity contribution in [2.24, 2.45) is 0 Å². The molecule has 1 unspecified atom stereocenters. The van der Waals surface area contributed by atoms with E-state index in [2.05, 4.69) is 10.3 Å². The second kappa shape index (κ2) is 7.20. The van der Waals surface area contributed by atoms with Crippen LogP contribution in [-0.4, -0.2) is 10.9 Å². The number of thiazole rings is 1. The number of hydrogen-bond acceptors (Lipinski definition) is 3. The Morgan fingerprint density at radius 3 is 2.43 bits per heavy atom. The fourth-order valence-electron chi connectivity index (χ4n) is 2.38. The van der Waals surface area contributed by atoms with Crippen LogP contribution in [0.15, 0.2) is 66.0 Å². The van der Waals surface area contributed by atoms with Gasteiger partial charge in [0.25, 0.3) is 0 Å². The first-order valence-corrected chi connectivity index (χ1v) is 8.44. The molecule has 0 aliphatic rings. The van der Waals surface area contributed by atoms with Crippen LogP contribution in [0.1, 0.15) is 24.2 Å². The summed E-state index contributed by atoms with van der Waals surface area (Å²) in [7, 11) is 0. The molecule has 0 spiro atoms. The Bertz CT molecular complexity index is 768. The van der Waals surface area contributed by atoms with Crippen LogP contribution in [0, 0.1) is 0 Å². The molecule has 0 bridgehead atoms. The number of hydrogen-bond donors (Lipinski definition) is 1. The third-order valence-electron chi connectivity index (χ3n) is 3.59. The van der Waals surface area contributed by atoms with Crippen molar-refractivity contribution in [3.05, 3.63) is 77.3 Å². The van der Waals surface area contributed by atoms with Gasteiger partial charge >= 0.3 is 0 Å². The van der Waals surface area contributed by atoms with Crippen LogP contribution < -0.4 is 5.32 Å². The van der Waals surface area contributed by atoms with Crippen molar-refractivity contribution in [2.75, 3.05) is 0 Å². The molecule has 0 aliphatic heterocycles. The first-order chi connectivity index (χ1) is 11.2. The maximum Gasteiger partial charge on any atom is 0.226 e. The Hall–Kier alpha value is -2.46. The zero-order valence-corrected chi connectivity index (χ0v) is 13.7. The van der Waals surface area contributed by atoms with Gasteiger partial charge in [-0.05, 0) is 12.5 Å². The minimum absolute atomic E-state index is 0.00377. The lowest BCUT2D eigenvalue weighted by Gasteiger charge is -2.13. The maximum atomic E-state index is 12.2. The van der Waals surface area contributed by atoms with Crippen molar-refractivity contribution in [2.45, 2.75) is 19.4 Å². The first kappa shape index (κ1) is 15.4. The Morgan fingerprint density at radius 1 is 1.09 bits per heavy atom. The highest BCUT2D eigenvalue weighted by Crippen LogP contribution is 2.23. The number of rotatable bonds is 5. The Morgan fingerprint density at radius 2 is 1.74 bits per heavy atom. The molecule has 0 fully saturated rings. The lowest BCUT2D eigenvalue weighted by molar-refractivity contribution is -0.121. The molecule has 1 amide bonds. The highest BCUT2D eigenvalue weighted by molar-refractivity contribution is 7.13. The SMILES string of the molecule is CC(NC(=O)Cc1csc(-c2ccccc2)n1)c1ccccc1. The van der Waals surface area contributed by atoms with E-state index in [0.29, 0.717) is 6.42 Å². The van der Waals surface area contributed by atoms with Crippen molar-refractivity contribution < 1.29 is 4.79 Å². The number of carbonyl (C=O) groups is 1. The van der Waals surface area contributed by atoms with E-state index in [0.717, 1.165) is 21.8 Å². The summed E-state index contributed by atoms with van der Waals surface area (Å²) in [6.07, 6.45) is 0.306. The van der Waals surface area contributed by atoms with Gasteiger partial charge in [-0.15, -0.1) is 11.3 Å². The molecular formula is C19H18N2OS. The minimum atomic E-state index is -0.00809. The summed E-state index contributed by atoms with van der Waals surface area (Å²) in [5.41, 5.74) is 3.00. The zero-order chi connectivity index (χ0) is 16.1. The van der Waals surface area contributed by atoms with Gasteiger partial charge in [-0.3, -0.25) is 4.79 Å². The molecule has 0 saturated heterocycles. The molecule has 3 nitrogen and oxygen atoms in total. The summed E-state index contributed by atoms with van der Waals surface area (Å²) in [6, 6.07) is 20.0. The van der Waals surface area contributed by atoms with E-state index < -0.39 is 0 Å². The van der Waals surface area contributed by atoms with Crippen LogP contribution in [0.3, 0.4) is 0 Å². The van der Waals surface area contributed by atoms with E-state index in [-0.39, 0.29) is 11.9 Å². The maximum absolute atomic E-state index is 12.2. The Labute approximate surface area is 140 Å². The van der Waals surface area contributed by atoms with Crippen molar-refractivity contribution in [3.8, 4) is 10.6 Å². The van der Waals surface area contributed by atoms with Gasteiger partial charge in [0.1, 0.15) is 5.01 Å². The van der Waals surface area contributed by atoms with Crippen LogP contribution in [0.4, 0.5) is 0 Å². The molecule has 3 rings (SSSR count). The monoisotopic (exact) mass is 322 g/mol. The minimum Gasteiger partial charge on any atom is -0.349 e. The lowest BCUT2D eigenvalue weighted by Crippen LogP contribution is -2.28. The fourth-order valence-corrected chi connectivity index (χ4v) is 3.21. The van der Waals surface area contributed by atoms with E-state index in [9.17, 15) is 4.79 Å². The van der Waals surface area contributed by atoms with Gasteiger partial charge in [0.2, 0.25) is 5.91 Å². The van der Waals surface area contributed by atoms with E-state index in [1.54, 1.807) is 11.3 Å². The fraction of sp³-hybridized carbons (Fsp3) is 0.158. The van der Waals surface area contributed by atoms with Crippen LogP contribution in [0.25, 0.3) is 10.6 Å². The highest BCUT2D eigenvalue weighted by atomic mass is 32.1. The van der Waals surface area contributed by atoms with Crippen LogP contribution in [0.5, 0.6) is 0 Å². The van der Waals surface area contributed by atoms with Gasteiger partial charge in [-0.25, -0.2) is 4.98 Å². The van der Waals surface area contributed by atoms with E-state index in [4.69, 9.17) is 0 Å². The number of benzene rings is 2. The van der Waals surface area contributed by atoms with Crippen molar-refractivity contribution in [3.63, 3.8) is 0 Å². The van der Waals surface area contributed by atoms with Gasteiger partial charge in [-0.2, -0.15) is 0 Å². The highest BCUT2D eigenvalue weighted by Gasteiger charge is 2.12. The predicted octanol–water partition coefficient (Wildman–Crippen LogP) is 4.23. The van der Waals surface area contributed by atoms with Crippen molar-refractivity contribution in [1.29, 1.82) is 0 Å². The van der Waals surface area contributed by atoms with Crippen molar-refractivity contribution in [1.82, 2.24) is 10.3 Å². The van der Waals surface area contributed by atoms with Crippen LogP contribution in [-0.2, 0) is 11.2 Å². The smallest absolute Gasteiger partial charge is 0.226 e. The normalized spacial score (nSPS) is 11.9. The van der Waals surface area contributed by atoms with Gasteiger partial charge in [-0.1, -0.05) is 60.7 Å². The van der Waals surface area contributed by atoms with E-state index in [1.807, 2.05) is 73.0 Å². The van der Waals surface area contributed by atoms with Crippen LogP contribution in [0.2, 0.25) is 0 Å². The third-order valence-corrected chi connectivity index (χ3v) is 4.53. The second-order valence-corrected chi connectivity index (χ2v) is 6.24. The molecule has 0 radical (unpaired) electrons. The molecule has 0 aliphatic carbocycles. The Kier molecular flexibility index (Phi) is 4.83. The summed E-state index contributed by atoms with van der Waals surface area (Å²) in [6.45, 7) is 1.99. The first-order valence-electron chi connectivity index (χ1n) is 7.56. The molecule has 2 aromatic carbocycles. The third kappa shape index (κ3) is 4.05. The van der Waals surface area contributed by atoms with Crippen molar-refractivity contribution >= 4 is 17.2 Å². The molecule has 116 valence electrons. The van der Waals surface area contributed by atoms with Gasteiger partial charge in [0, 0.05) is 10.9 Å². The molecule has 23 heavy (non-hydrogen) atoms. The quantitative estimate of drug-likeness (QED) is 0.764. The average molecular weight is 322 g/mol. The summed E-state index contributed by atoms with van der Waals surface area (Å²) in [4.78, 5) is 16.8. The molecule has 3 aromatic rings. The summed E-state index contributed by atoms with van der Waals surface area (Å²) in [5.74, 6) is -0.00809. The molecular weight excluding hydrogens is 304 g/mol. The largest absolute Gasteiger partial charge is 0.349 e. The van der Waals surface area contributed by atoms with Gasteiger partial charge in [0.05, 0.1) is 18.2 Å². The topological polar surface area (TPSA) is 42.0 Å². The number of nitrogens with zero attached hydrogens (tertiary/aromatic N) is 1. The molecule has 1 heterocycles. The predicted molar refractivity (Wildman–Crippen MR) is 94.3 cm³/mol. The number of aromatic nitrogens is 1. The van der Waals surface area contributed by atoms with E-state index >= 15 is 0 Å². The molecule has 1 N–H and O–H groups in total. The molecule has 1 aromatic heterocycles. The molecule has 1 atom stereocenters. The Balaban J connectivity index is 1.61. The number of nitrogens with one attached hydrogen (secondary N) is 1. The summed E-state index contributed by atoms with van der Waals surface area (Å²) < 4.78 is 0. The van der Waals surface area contributed by atoms with Gasteiger partial charge in [0.15, 0.2) is 0 Å². The molecule has 4 heteroatoms.